The number of nitrogens with two attached hydrogens (primary N) is 1. The minimum absolute atomic E-state index is 0.330. The van der Waals surface area contributed by atoms with Crippen LogP contribution in [0.25, 0.3) is 0 Å². The smallest absolute Gasteiger partial charge is 0.423 e. The second kappa shape index (κ2) is 22.5. The summed E-state index contributed by atoms with van der Waals surface area (Å²) in [7, 11) is -4.94. The summed E-state index contributed by atoms with van der Waals surface area (Å²) in [5.74, 6) is -75.9. The van der Waals surface area contributed by atoms with Gasteiger partial charge in [0, 0.05) is 11.1 Å². The molecule has 0 saturated carbocycles. The molecule has 0 aliphatic heterocycles. The molecular formula is C30H9BF46N2O9. The molecule has 0 bridgehead atoms. The SMILES string of the molecule is NCC(=O)Nc1c(C(F)(OC(F)(F)C(F)(OC(F)(F)C(F)(OC(F)(F)C(F)(F)C(F)(F)F)C(F)(F)F)C(F)(F)F)C(F)(F)F)ccc(B(O)O)c1C(F)(OC(F)(F)C(F)(OC(F)(F)C(F)(OC(F)(F)C(F)(F)C(F)(F)F)C(F)(F)F)C(F)(F)F)C(F)(F)F. The number of nitrogens with one attached hydrogen (secondary N) is 1. The van der Waals surface area contributed by atoms with E-state index in [1.54, 1.807) is 9.47 Å². The monoisotopic (exact) mass is 1430 g/mol. The van der Waals surface area contributed by atoms with Crippen molar-refractivity contribution >= 4 is 24.2 Å². The Morgan fingerprint density at radius 2 is 0.591 bits per heavy atom. The largest absolute Gasteiger partial charge is 0.489 e. The third-order valence-electron chi connectivity index (χ3n) is 9.37. The van der Waals surface area contributed by atoms with Crippen LogP contribution < -0.4 is 16.5 Å². The van der Waals surface area contributed by atoms with Crippen LogP contribution in [0, 0.1) is 0 Å². The zero-order chi connectivity index (χ0) is 71.5. The van der Waals surface area contributed by atoms with Crippen molar-refractivity contribution in [1.82, 2.24) is 0 Å². The van der Waals surface area contributed by atoms with E-state index in [4.69, 9.17) is 0 Å². The number of halogens is 46. The summed E-state index contributed by atoms with van der Waals surface area (Å²) < 4.78 is 654. The van der Waals surface area contributed by atoms with Crippen LogP contribution in [-0.2, 0) is 44.9 Å². The molecule has 6 atom stereocenters. The average Bonchev–Trinajstić information content (AvgIpc) is 3.24. The molecular weight excluding hydrogens is 1420 g/mol. The maximum atomic E-state index is 16.6. The number of alkyl halides is 46. The van der Waals surface area contributed by atoms with Crippen molar-refractivity contribution in [3.63, 3.8) is 0 Å². The van der Waals surface area contributed by atoms with Gasteiger partial charge in [0.1, 0.15) is 0 Å². The van der Waals surface area contributed by atoms with Gasteiger partial charge < -0.3 is 21.1 Å². The zero-order valence-corrected chi connectivity index (χ0v) is 38.2. The molecule has 0 fully saturated rings. The Morgan fingerprint density at radius 3 is 0.807 bits per heavy atom. The predicted molar refractivity (Wildman–Crippen MR) is 169 cm³/mol. The molecule has 0 saturated heterocycles. The quantitative estimate of drug-likeness (QED) is 0.0616. The number of benzene rings is 1. The van der Waals surface area contributed by atoms with Crippen LogP contribution in [0.15, 0.2) is 12.1 Å². The van der Waals surface area contributed by atoms with Crippen LogP contribution in [0.1, 0.15) is 11.1 Å². The number of ether oxygens (including phenoxy) is 6. The van der Waals surface area contributed by atoms with Gasteiger partial charge in [0.15, 0.2) is 0 Å². The summed E-state index contributed by atoms with van der Waals surface area (Å²) in [4.78, 5) is 12.2. The van der Waals surface area contributed by atoms with E-state index in [2.05, 4.69) is 5.73 Å². The Labute approximate surface area is 444 Å². The van der Waals surface area contributed by atoms with Crippen LogP contribution in [0.2, 0.25) is 0 Å². The van der Waals surface area contributed by atoms with Crippen molar-refractivity contribution in [2.24, 2.45) is 5.73 Å². The van der Waals surface area contributed by atoms with Crippen LogP contribution >= 0.6 is 0 Å². The lowest BCUT2D eigenvalue weighted by molar-refractivity contribution is -0.580. The van der Waals surface area contributed by atoms with E-state index in [0.29, 0.717) is 0 Å². The molecule has 88 heavy (non-hydrogen) atoms. The van der Waals surface area contributed by atoms with E-state index in [1.807, 2.05) is 0 Å². The molecule has 1 aromatic rings. The molecule has 1 amide bonds. The Hall–Kier alpha value is -4.83. The van der Waals surface area contributed by atoms with Gasteiger partial charge in [-0.05, 0) is 5.46 Å². The third-order valence-corrected chi connectivity index (χ3v) is 9.37. The Bertz CT molecular complexity index is 2640. The Balaban J connectivity index is 4.94. The second-order valence-electron chi connectivity index (χ2n) is 15.5. The number of anilines is 1. The Kier molecular flexibility index (Phi) is 20.7. The zero-order valence-electron chi connectivity index (χ0n) is 38.2. The van der Waals surface area contributed by atoms with Gasteiger partial charge in [-0.25, -0.2) is 0 Å². The van der Waals surface area contributed by atoms with Crippen LogP contribution in [0.4, 0.5) is 208 Å². The van der Waals surface area contributed by atoms with Crippen molar-refractivity contribution in [2.45, 2.75) is 133 Å². The predicted octanol–water partition coefficient (Wildman–Crippen LogP) is 12.6. The van der Waals surface area contributed by atoms with Crippen molar-refractivity contribution in [2.75, 3.05) is 11.9 Å². The average molecular weight is 1430 g/mol. The minimum Gasteiger partial charge on any atom is -0.423 e. The number of rotatable bonds is 23. The summed E-state index contributed by atoms with van der Waals surface area (Å²) in [6.45, 7) is -2.62. The minimum atomic E-state index is -9.63. The molecule has 58 heteroatoms. The number of amides is 1. The molecule has 1 aromatic carbocycles. The van der Waals surface area contributed by atoms with E-state index < -0.39 is 187 Å². The van der Waals surface area contributed by atoms with Crippen LogP contribution in [0.3, 0.4) is 0 Å². The fraction of sp³-hybridized carbons (Fsp3) is 0.767. The molecule has 6 unspecified atom stereocenters. The summed E-state index contributed by atoms with van der Waals surface area (Å²) in [5, 5.41) is 18.7. The number of hydrogen-bond acceptors (Lipinski definition) is 10. The van der Waals surface area contributed by atoms with Gasteiger partial charge in [0.2, 0.25) is 5.91 Å². The highest BCUT2D eigenvalue weighted by molar-refractivity contribution is 6.59. The highest BCUT2D eigenvalue weighted by atomic mass is 19.5. The van der Waals surface area contributed by atoms with Crippen LogP contribution in [-0.4, -0.2) is 151 Å². The van der Waals surface area contributed by atoms with Gasteiger partial charge in [0.05, 0.1) is 12.2 Å². The highest BCUT2D eigenvalue weighted by Gasteiger charge is 2.91. The van der Waals surface area contributed by atoms with Gasteiger partial charge in [-0.2, -0.15) is 202 Å². The van der Waals surface area contributed by atoms with Crippen molar-refractivity contribution < 1.29 is 245 Å². The first-order valence-corrected chi connectivity index (χ1v) is 19.1. The molecule has 518 valence electrons. The second-order valence-corrected chi connectivity index (χ2v) is 15.5. The molecule has 0 aliphatic rings. The molecule has 5 N–H and O–H groups in total. The lowest BCUT2D eigenvalue weighted by Crippen LogP contribution is -2.70. The molecule has 11 nitrogen and oxygen atoms in total. The first-order chi connectivity index (χ1) is 37.6. The molecule has 1 rings (SSSR count). The van der Waals surface area contributed by atoms with Crippen molar-refractivity contribution in [3.8, 4) is 0 Å². The van der Waals surface area contributed by atoms with Crippen LogP contribution in [0.5, 0.6) is 0 Å². The first-order valence-electron chi connectivity index (χ1n) is 19.1. The summed E-state index contributed by atoms with van der Waals surface area (Å²) in [6.07, 6.45) is -127. The number of carbonyl (C=O) groups is 1. The van der Waals surface area contributed by atoms with Crippen molar-refractivity contribution in [1.29, 1.82) is 0 Å². The maximum absolute atomic E-state index is 16.6. The van der Waals surface area contributed by atoms with Gasteiger partial charge >= 0.3 is 140 Å². The summed E-state index contributed by atoms with van der Waals surface area (Å²) in [6, 6.07) is -3.84. The van der Waals surface area contributed by atoms with E-state index in [-0.39, 0.29) is 5.32 Å². The highest BCUT2D eigenvalue weighted by Crippen LogP contribution is 2.64. The van der Waals surface area contributed by atoms with Crippen molar-refractivity contribution in [3.05, 3.63) is 23.3 Å². The summed E-state index contributed by atoms with van der Waals surface area (Å²) >= 11 is 0. The van der Waals surface area contributed by atoms with Gasteiger partial charge in [-0.3, -0.25) is 33.2 Å². The topological polar surface area (TPSA) is 151 Å². The lowest BCUT2D eigenvalue weighted by Gasteiger charge is -2.44. The molecule has 0 aliphatic carbocycles. The maximum Gasteiger partial charge on any atom is 0.489 e. The van der Waals surface area contributed by atoms with Gasteiger partial charge in [-0.1, -0.05) is 12.1 Å². The molecule has 0 spiro atoms. The number of hydrogen-bond donors (Lipinski definition) is 4. The first kappa shape index (κ1) is 81.2. The molecule has 0 aromatic heterocycles. The molecule has 0 radical (unpaired) electrons. The van der Waals surface area contributed by atoms with Gasteiger partial charge in [0.25, 0.3) is 0 Å². The fourth-order valence-corrected chi connectivity index (χ4v) is 5.19. The Morgan fingerprint density at radius 1 is 0.352 bits per heavy atom. The number of carbonyl (C=O) groups excluding carboxylic acids is 1. The summed E-state index contributed by atoms with van der Waals surface area (Å²) in [5.41, 5.74) is -13.5. The fourth-order valence-electron chi connectivity index (χ4n) is 5.19. The molecule has 0 heterocycles. The lowest BCUT2D eigenvalue weighted by atomic mass is 9.73. The van der Waals surface area contributed by atoms with E-state index in [1.165, 1.54) is 0 Å². The van der Waals surface area contributed by atoms with E-state index in [0.717, 1.165) is 18.9 Å². The third kappa shape index (κ3) is 13.6. The van der Waals surface area contributed by atoms with E-state index in [9.17, 15) is 182 Å². The standard InChI is InChI=1S/C30H9BF46N2O9/c32-9(17(42,43)44,83-27(70,71)13(38,21(54,55)56)87-29(74,75)15(40,23(60,61)62)85-25(66,67)11(34,35)19(48,49)50)4-1-2-5(31(81)82)7(8(4)79-6(80)3-78)10(33,18(45,46)47)84-28(72,73)14(39,22(57,58)59)88-30(76,77)16(41,24(63,64)65)86-26(68,69)12(36,37)20(51,52)53/h1-2,81-82H,3,78H2,(H,79,80). The van der Waals surface area contributed by atoms with E-state index >= 15 is 35.1 Å². The van der Waals surface area contributed by atoms with Gasteiger partial charge in [-0.15, -0.1) is 0 Å². The normalized spacial score (nSPS) is 19.4.